The lowest BCUT2D eigenvalue weighted by molar-refractivity contribution is -0.164. The molecule has 0 spiro atoms. The zero-order valence-electron chi connectivity index (χ0n) is 37.0. The summed E-state index contributed by atoms with van der Waals surface area (Å²) in [5.74, 6) is 2.94. The Kier molecular flexibility index (Phi) is 11.2. The van der Waals surface area contributed by atoms with Gasteiger partial charge in [0.1, 0.15) is 17.9 Å². The van der Waals surface area contributed by atoms with Gasteiger partial charge in [-0.25, -0.2) is 9.97 Å². The van der Waals surface area contributed by atoms with Crippen molar-refractivity contribution in [2.24, 2.45) is 16.7 Å². The van der Waals surface area contributed by atoms with Gasteiger partial charge in [0, 0.05) is 65.5 Å². The van der Waals surface area contributed by atoms with Crippen LogP contribution >= 0.6 is 27.5 Å². The smallest absolute Gasteiger partial charge is 0.283 e. The number of hydrogen-bond acceptors (Lipinski definition) is 9. The number of imidazole rings is 1. The molecule has 2 aliphatic carbocycles. The summed E-state index contributed by atoms with van der Waals surface area (Å²) in [6, 6.07) is 20.3. The third kappa shape index (κ3) is 7.53. The first kappa shape index (κ1) is 42.9. The molecule has 0 atom stereocenters. The van der Waals surface area contributed by atoms with E-state index in [0.29, 0.717) is 51.1 Å². The number of carbonyl (C=O) groups is 1. The number of nitrogens with one attached hydrogen (secondary N) is 1. The van der Waals surface area contributed by atoms with Gasteiger partial charge in [-0.15, -0.1) is 0 Å². The van der Waals surface area contributed by atoms with Gasteiger partial charge in [0.05, 0.1) is 38.1 Å². The fourth-order valence-electron chi connectivity index (χ4n) is 12.0. The Balaban J connectivity index is 0.732. The van der Waals surface area contributed by atoms with E-state index in [-0.39, 0.29) is 34.4 Å². The van der Waals surface area contributed by atoms with Crippen LogP contribution in [-0.4, -0.2) is 79.6 Å². The summed E-state index contributed by atoms with van der Waals surface area (Å²) in [5, 5.41) is 13.5. The quantitative estimate of drug-likeness (QED) is 0.150. The maximum absolute atomic E-state index is 13.5. The van der Waals surface area contributed by atoms with E-state index in [9.17, 15) is 14.9 Å². The van der Waals surface area contributed by atoms with Crippen LogP contribution in [0.1, 0.15) is 113 Å². The zero-order chi connectivity index (χ0) is 44.5. The second-order valence-corrected chi connectivity index (χ2v) is 21.1. The number of ether oxygens (including phenoxy) is 1. The average molecular weight is 945 g/mol. The van der Waals surface area contributed by atoms with Crippen LogP contribution in [-0.2, 0) is 0 Å². The predicted octanol–water partition coefficient (Wildman–Crippen LogP) is 9.70. The number of nitrogens with zero attached hydrogens (tertiary/aromatic N) is 8. The molecule has 5 heterocycles. The summed E-state index contributed by atoms with van der Waals surface area (Å²) in [4.78, 5) is 45.8. The van der Waals surface area contributed by atoms with Crippen molar-refractivity contribution in [3.05, 3.63) is 104 Å². The van der Waals surface area contributed by atoms with E-state index in [0.717, 1.165) is 92.5 Å². The van der Waals surface area contributed by atoms with Gasteiger partial charge in [0.15, 0.2) is 0 Å². The molecule has 1 amide bonds. The molecule has 2 aliphatic heterocycles. The van der Waals surface area contributed by atoms with Crippen LogP contribution in [0.4, 0.5) is 5.95 Å². The maximum Gasteiger partial charge on any atom is 0.283 e. The minimum atomic E-state index is -0.371. The summed E-state index contributed by atoms with van der Waals surface area (Å²) in [5.41, 5.74) is 4.51. The fraction of sp³-hybridized carbons (Fsp3) is 0.480. The second-order valence-electron chi connectivity index (χ2n) is 19.8. The number of anilines is 1. The molecule has 0 bridgehead atoms. The standard InChI is InChI=1S/C50H55BrClN9O3/c1-49(2)45(50(3,4)46(49)64-36-14-12-33(26-53)38(52)25-36)56-43(62)34-27-54-47(55-28-34)59-22-16-30(17-23-59)29-58-20-18-31(19-21-58)32-13-15-39-41(24-32)60(35-8-5-6-9-35)48-57-44(63)42-37(51)10-7-11-40(42)61(39)48/h7,10-15,24-25,27-28,30-31,35,45-46H,5-6,8-9,16-23,29H2,1-4H3,(H,56,62). The normalized spacial score (nSPS) is 21.9. The summed E-state index contributed by atoms with van der Waals surface area (Å²) < 4.78 is 11.8. The van der Waals surface area contributed by atoms with Crippen LogP contribution in [0.25, 0.3) is 27.7 Å². The molecule has 0 unspecified atom stereocenters. The van der Waals surface area contributed by atoms with Crippen molar-refractivity contribution < 1.29 is 9.53 Å². The van der Waals surface area contributed by atoms with Crippen molar-refractivity contribution in [1.82, 2.24) is 34.1 Å². The number of hydrogen-bond donors (Lipinski definition) is 1. The number of halogens is 2. The van der Waals surface area contributed by atoms with Gasteiger partial charge in [0.2, 0.25) is 11.7 Å². The van der Waals surface area contributed by atoms with Crippen molar-refractivity contribution in [3.63, 3.8) is 0 Å². The van der Waals surface area contributed by atoms with Gasteiger partial charge in [-0.1, -0.05) is 64.3 Å². The Bertz CT molecular complexity index is 2850. The fourth-order valence-corrected chi connectivity index (χ4v) is 12.7. The topological polar surface area (TPSA) is 134 Å². The first-order chi connectivity index (χ1) is 30.8. The number of amides is 1. The number of piperidine rings is 2. The lowest BCUT2D eigenvalue weighted by atomic mass is 9.49. The molecule has 10 rings (SSSR count). The van der Waals surface area contributed by atoms with Crippen LogP contribution in [0, 0.1) is 28.1 Å². The molecule has 1 N–H and O–H groups in total. The summed E-state index contributed by atoms with van der Waals surface area (Å²) >= 11 is 9.89. The highest BCUT2D eigenvalue weighted by Crippen LogP contribution is 2.55. The van der Waals surface area contributed by atoms with Gasteiger partial charge in [0.25, 0.3) is 11.5 Å². The van der Waals surface area contributed by atoms with E-state index in [1.807, 2.05) is 18.2 Å². The van der Waals surface area contributed by atoms with Crippen molar-refractivity contribution >= 4 is 67.1 Å². The van der Waals surface area contributed by atoms with E-state index in [2.05, 4.69) is 102 Å². The molecular weight excluding hydrogens is 890 g/mol. The Morgan fingerprint density at radius 2 is 1.62 bits per heavy atom. The molecule has 3 aromatic heterocycles. The van der Waals surface area contributed by atoms with E-state index < -0.39 is 0 Å². The Morgan fingerprint density at radius 3 is 2.31 bits per heavy atom. The van der Waals surface area contributed by atoms with Crippen LogP contribution in [0.2, 0.25) is 5.02 Å². The summed E-state index contributed by atoms with van der Waals surface area (Å²) in [7, 11) is 0. The molecule has 2 saturated heterocycles. The monoisotopic (exact) mass is 943 g/mol. The van der Waals surface area contributed by atoms with Crippen molar-refractivity contribution in [2.75, 3.05) is 37.6 Å². The van der Waals surface area contributed by atoms with Crippen LogP contribution in [0.15, 0.2) is 76.3 Å². The Hall–Kier alpha value is -5.03. The lowest BCUT2D eigenvalue weighted by Crippen LogP contribution is -2.74. The molecule has 0 radical (unpaired) electrons. The zero-order valence-corrected chi connectivity index (χ0v) is 39.3. The molecule has 64 heavy (non-hydrogen) atoms. The van der Waals surface area contributed by atoms with Gasteiger partial charge < -0.3 is 24.4 Å². The number of rotatable bonds is 9. The van der Waals surface area contributed by atoms with Crippen molar-refractivity contribution in [3.8, 4) is 11.8 Å². The van der Waals surface area contributed by atoms with E-state index in [1.165, 1.54) is 23.9 Å². The van der Waals surface area contributed by atoms with Crippen LogP contribution in [0.5, 0.6) is 5.75 Å². The van der Waals surface area contributed by atoms with Gasteiger partial charge in [-0.3, -0.25) is 14.0 Å². The van der Waals surface area contributed by atoms with Crippen molar-refractivity contribution in [1.29, 1.82) is 5.26 Å². The molecule has 3 aromatic carbocycles. The number of likely N-dealkylation sites (tertiary alicyclic amines) is 1. The largest absolute Gasteiger partial charge is 0.489 e. The minimum Gasteiger partial charge on any atom is -0.489 e. The Labute approximate surface area is 387 Å². The SMILES string of the molecule is CC1(C)C(NC(=O)c2cnc(N3CCC(CN4CCC(c5ccc6c(c5)n(C5CCCC5)c5nc(=O)c7c(Br)cccc7n65)CC4)CC3)nc2)C(C)(C)C1Oc1ccc(C#N)c(Cl)c1. The number of benzene rings is 3. The highest BCUT2D eigenvalue weighted by atomic mass is 79.9. The van der Waals surface area contributed by atoms with E-state index in [1.54, 1.807) is 30.6 Å². The van der Waals surface area contributed by atoms with Crippen LogP contribution in [0.3, 0.4) is 0 Å². The van der Waals surface area contributed by atoms with Crippen LogP contribution < -0.4 is 20.5 Å². The second kappa shape index (κ2) is 16.8. The molecular formula is C50H55BrClN9O3. The molecule has 332 valence electrons. The third-order valence-corrected chi connectivity index (χ3v) is 16.0. The number of nitriles is 1. The number of carbonyl (C=O) groups excluding carboxylic acids is 1. The predicted molar refractivity (Wildman–Crippen MR) is 254 cm³/mol. The molecule has 4 aliphatic rings. The molecule has 2 saturated carbocycles. The summed E-state index contributed by atoms with van der Waals surface area (Å²) in [6.07, 6.45) is 12.2. The lowest BCUT2D eigenvalue weighted by Gasteiger charge is -2.63. The van der Waals surface area contributed by atoms with Gasteiger partial charge >= 0.3 is 0 Å². The average Bonchev–Trinajstić information content (AvgIpc) is 3.94. The number of aromatic nitrogens is 5. The Morgan fingerprint density at radius 1 is 0.906 bits per heavy atom. The van der Waals surface area contributed by atoms with Gasteiger partial charge in [-0.05, 0) is 121 Å². The van der Waals surface area contributed by atoms with Gasteiger partial charge in [-0.2, -0.15) is 10.2 Å². The molecule has 4 fully saturated rings. The minimum absolute atomic E-state index is 0.155. The first-order valence-corrected chi connectivity index (χ1v) is 24.1. The third-order valence-electron chi connectivity index (χ3n) is 15.1. The van der Waals surface area contributed by atoms with E-state index in [4.69, 9.17) is 21.3 Å². The maximum atomic E-state index is 13.5. The van der Waals surface area contributed by atoms with Crippen molar-refractivity contribution in [2.45, 2.75) is 103 Å². The summed E-state index contributed by atoms with van der Waals surface area (Å²) in [6.45, 7) is 13.4. The molecule has 6 aromatic rings. The number of fused-ring (bicyclic) bond motifs is 5. The highest BCUT2D eigenvalue weighted by molar-refractivity contribution is 9.10. The first-order valence-electron chi connectivity index (χ1n) is 22.9. The van der Waals surface area contributed by atoms with E-state index >= 15 is 0 Å². The highest BCUT2D eigenvalue weighted by Gasteiger charge is 2.64. The molecule has 14 heteroatoms. The molecule has 12 nitrogen and oxygen atoms in total.